The fraction of sp³-hybridized carbons (Fsp3) is 0.467. The first-order valence-electron chi connectivity index (χ1n) is 7.61. The summed E-state index contributed by atoms with van der Waals surface area (Å²) in [5, 5.41) is 11.1. The van der Waals surface area contributed by atoms with Crippen LogP contribution in [0.15, 0.2) is 23.2 Å². The number of alkyl halides is 1. The van der Waals surface area contributed by atoms with E-state index in [2.05, 4.69) is 10.3 Å². The maximum Gasteiger partial charge on any atom is 0.410 e. The first kappa shape index (κ1) is 17.9. The lowest BCUT2D eigenvalue weighted by Crippen LogP contribution is -2.63. The van der Waals surface area contributed by atoms with Crippen molar-refractivity contribution in [2.24, 2.45) is 4.99 Å². The van der Waals surface area contributed by atoms with E-state index in [9.17, 15) is 18.3 Å². The highest BCUT2D eigenvalue weighted by atomic mass is 32.3. The van der Waals surface area contributed by atoms with Crippen molar-refractivity contribution in [3.05, 3.63) is 29.6 Å². The van der Waals surface area contributed by atoms with Gasteiger partial charge in [0, 0.05) is 11.3 Å². The molecule has 0 unspecified atom stereocenters. The number of amides is 1. The first-order valence-corrected chi connectivity index (χ1v) is 9.22. The maximum absolute atomic E-state index is 15.3. The lowest BCUT2D eigenvalue weighted by Gasteiger charge is -2.61. The number of amidine groups is 1. The molecule has 1 aromatic rings. The lowest BCUT2D eigenvalue weighted by molar-refractivity contribution is 0.196. The van der Waals surface area contributed by atoms with Gasteiger partial charge in [0.15, 0.2) is 0 Å². The second kappa shape index (κ2) is 5.55. The number of hydrogen-bond acceptors (Lipinski definition) is 5. The summed E-state index contributed by atoms with van der Waals surface area (Å²) in [4.78, 5) is 15.3. The maximum atomic E-state index is 15.3. The number of nitrogens with one attached hydrogen (secondary N) is 1. The van der Waals surface area contributed by atoms with Gasteiger partial charge in [-0.2, -0.15) is 0 Å². The van der Waals surface area contributed by atoms with E-state index < -0.39 is 38.3 Å². The first-order chi connectivity index (χ1) is 11.5. The molecule has 1 fully saturated rings. The third-order valence-electron chi connectivity index (χ3n) is 5.00. The normalized spacial score (nSPS) is 30.9. The zero-order valence-electron chi connectivity index (χ0n) is 13.4. The minimum Gasteiger partial charge on any atom is -0.465 e. The average molecular weight is 375 g/mol. The third kappa shape index (κ3) is 2.39. The Bertz CT molecular complexity index is 769. The summed E-state index contributed by atoms with van der Waals surface area (Å²) in [7, 11) is -3.98. The minimum atomic E-state index is -3.98. The highest BCUT2D eigenvalue weighted by Crippen LogP contribution is 2.71. The molecular weight excluding hydrogens is 356 g/mol. The van der Waals surface area contributed by atoms with Gasteiger partial charge in [0.2, 0.25) is 5.50 Å². The van der Waals surface area contributed by atoms with Crippen LogP contribution in [0.5, 0.6) is 0 Å². The third-order valence-corrected chi connectivity index (χ3v) is 7.79. The Morgan fingerprint density at radius 3 is 2.60 bits per heavy atom. The Kier molecular flexibility index (Phi) is 3.97. The van der Waals surface area contributed by atoms with E-state index in [0.29, 0.717) is 6.42 Å². The van der Waals surface area contributed by atoms with E-state index in [0.717, 1.165) is 12.1 Å². The molecule has 1 heterocycles. The number of carboxylic acid groups (broad SMARTS) is 1. The van der Waals surface area contributed by atoms with Crippen LogP contribution < -0.4 is 11.1 Å². The minimum absolute atomic E-state index is 0.146. The molecule has 0 saturated heterocycles. The summed E-state index contributed by atoms with van der Waals surface area (Å²) in [6.07, 6.45) is -0.519. The topological polar surface area (TPSA) is 128 Å². The smallest absolute Gasteiger partial charge is 0.410 e. The summed E-state index contributed by atoms with van der Waals surface area (Å²) in [6, 6.07) is 3.48. The molecule has 25 heavy (non-hydrogen) atoms. The predicted molar refractivity (Wildman–Crippen MR) is 91.1 cm³/mol. The number of aliphatic imine (C=N–C) groups is 1. The van der Waals surface area contributed by atoms with Gasteiger partial charge in [0.1, 0.15) is 21.9 Å². The highest BCUT2D eigenvalue weighted by Gasteiger charge is 2.64. The Labute approximate surface area is 144 Å². The van der Waals surface area contributed by atoms with Gasteiger partial charge < -0.3 is 10.8 Å². The van der Waals surface area contributed by atoms with Gasteiger partial charge in [0.05, 0.1) is 0 Å². The molecule has 2 aliphatic rings. The van der Waals surface area contributed by atoms with Crippen LogP contribution in [0.3, 0.4) is 0 Å². The summed E-state index contributed by atoms with van der Waals surface area (Å²) in [5.41, 5.74) is 1.19. The monoisotopic (exact) mass is 375 g/mol. The number of halogens is 2. The summed E-state index contributed by atoms with van der Waals surface area (Å²) >= 11 is 0. The van der Waals surface area contributed by atoms with Crippen LogP contribution in [0.4, 0.5) is 19.3 Å². The van der Waals surface area contributed by atoms with Gasteiger partial charge >= 0.3 is 6.09 Å². The number of nitrogens with two attached hydrogens (primary N) is 1. The van der Waals surface area contributed by atoms with Gasteiger partial charge in [-0.25, -0.2) is 13.6 Å². The average Bonchev–Trinajstić information content (AvgIpc) is 2.45. The quantitative estimate of drug-likeness (QED) is 0.481. The Morgan fingerprint density at radius 1 is 1.44 bits per heavy atom. The molecule has 7 nitrogen and oxygen atoms in total. The van der Waals surface area contributed by atoms with Crippen molar-refractivity contribution in [1.82, 2.24) is 5.32 Å². The van der Waals surface area contributed by atoms with Crippen molar-refractivity contribution >= 4 is 28.2 Å². The van der Waals surface area contributed by atoms with Crippen LogP contribution in [-0.2, 0) is 5.54 Å². The number of nitrogen functional groups attached to an aromatic ring is 1. The number of carbonyl (C=O) groups is 1. The number of hydrogen-bond donors (Lipinski definition) is 5. The van der Waals surface area contributed by atoms with Crippen LogP contribution in [0.25, 0.3) is 0 Å². The summed E-state index contributed by atoms with van der Waals surface area (Å²) in [5.74, 6) is -1.07. The van der Waals surface area contributed by atoms with E-state index in [-0.39, 0.29) is 29.9 Å². The molecule has 1 saturated carbocycles. The predicted octanol–water partition coefficient (Wildman–Crippen LogP) is 3.27. The Hall–Kier alpha value is -1.91. The highest BCUT2D eigenvalue weighted by molar-refractivity contribution is 8.26. The van der Waals surface area contributed by atoms with Gasteiger partial charge in [-0.3, -0.25) is 19.4 Å². The van der Waals surface area contributed by atoms with E-state index in [4.69, 9.17) is 10.8 Å². The van der Waals surface area contributed by atoms with Crippen molar-refractivity contribution < 1.29 is 27.8 Å². The molecular formula is C15H19F2N3O4S. The van der Waals surface area contributed by atoms with Gasteiger partial charge in [-0.15, -0.1) is 10.6 Å². The van der Waals surface area contributed by atoms with E-state index in [1.165, 1.54) is 13.0 Å². The van der Waals surface area contributed by atoms with Crippen LogP contribution in [0.1, 0.15) is 31.7 Å². The van der Waals surface area contributed by atoms with Crippen molar-refractivity contribution in [3.63, 3.8) is 0 Å². The van der Waals surface area contributed by atoms with Crippen molar-refractivity contribution in [2.75, 3.05) is 5.73 Å². The van der Waals surface area contributed by atoms with E-state index in [1.54, 1.807) is 0 Å². The molecule has 0 bridgehead atoms. The molecule has 1 amide bonds. The van der Waals surface area contributed by atoms with Gasteiger partial charge in [0.25, 0.3) is 0 Å². The number of benzene rings is 1. The zero-order chi connectivity index (χ0) is 18.6. The van der Waals surface area contributed by atoms with Crippen molar-refractivity contribution in [2.45, 2.75) is 42.0 Å². The zero-order valence-corrected chi connectivity index (χ0v) is 14.2. The number of anilines is 1. The largest absolute Gasteiger partial charge is 0.465 e. The number of nitrogens with zero attached hydrogens (tertiary/aromatic N) is 1. The van der Waals surface area contributed by atoms with Crippen LogP contribution >= 0.6 is 10.6 Å². The van der Waals surface area contributed by atoms with E-state index in [1.807, 2.05) is 0 Å². The van der Waals surface area contributed by atoms with E-state index >= 15 is 4.39 Å². The summed E-state index contributed by atoms with van der Waals surface area (Å²) in [6.45, 7) is 1.19. The molecule has 0 radical (unpaired) electrons. The van der Waals surface area contributed by atoms with Gasteiger partial charge in [-0.05, 0) is 44.4 Å². The van der Waals surface area contributed by atoms with Crippen molar-refractivity contribution in [3.8, 4) is 0 Å². The van der Waals surface area contributed by atoms with Crippen LogP contribution in [-0.4, -0.2) is 36.4 Å². The molecule has 1 aliphatic heterocycles. The molecule has 10 heteroatoms. The fourth-order valence-corrected chi connectivity index (χ4v) is 5.92. The molecule has 1 spiro atoms. The molecule has 3 rings (SSSR count). The molecule has 1 aromatic carbocycles. The molecule has 1 aliphatic carbocycles. The molecule has 138 valence electrons. The number of rotatable bonds is 1. The molecule has 6 N–H and O–H groups in total. The summed E-state index contributed by atoms with van der Waals surface area (Å²) < 4.78 is 49.4. The standard InChI is InChI=1S/C15H19F2N3O4S/c1-14(9-7-8(18)3-4-10(9)16)11(17)25(23,24)15(5-2-6-15)12(20-14)19-13(21)22/h3-4,7,11,23-24H,2,5-6,18H2,1H3,(H,19,20)(H,21,22)/t11-,14-/m1/s1. The van der Waals surface area contributed by atoms with Crippen molar-refractivity contribution in [1.29, 1.82) is 0 Å². The van der Waals surface area contributed by atoms with Crippen LogP contribution in [0, 0.1) is 5.82 Å². The molecule has 0 aromatic heterocycles. The lowest BCUT2D eigenvalue weighted by atomic mass is 9.81. The SMILES string of the molecule is C[C@]1(c2cc(N)ccc2F)N=C(NC(=O)O)C2(CCC2)S(O)(O)[C@H]1F. The fourth-order valence-electron chi connectivity index (χ4n) is 3.44. The second-order valence-electron chi connectivity index (χ2n) is 6.53. The van der Waals surface area contributed by atoms with Gasteiger partial charge in [-0.1, -0.05) is 0 Å². The molecule has 2 atom stereocenters. The second-order valence-corrected chi connectivity index (χ2v) is 8.92. The Balaban J connectivity index is 2.24. The van der Waals surface area contributed by atoms with Crippen LogP contribution in [0.2, 0.25) is 0 Å². The Morgan fingerprint density at radius 2 is 2.08 bits per heavy atom.